The van der Waals surface area contributed by atoms with Crippen LogP contribution in [0.1, 0.15) is 55.3 Å². The molecule has 1 aliphatic rings. The van der Waals surface area contributed by atoms with Gasteiger partial charge in [0.2, 0.25) is 5.91 Å². The van der Waals surface area contributed by atoms with Crippen LogP contribution in [0, 0.1) is 0 Å². The highest BCUT2D eigenvalue weighted by atomic mass is 16.5. The van der Waals surface area contributed by atoms with Crippen molar-refractivity contribution in [3.8, 4) is 5.75 Å². The molecular weight excluding hydrogens is 322 g/mol. The number of hydrogen-bond donors (Lipinski definition) is 1. The summed E-state index contributed by atoms with van der Waals surface area (Å²) in [7, 11) is 3.09. The second-order valence-corrected chi connectivity index (χ2v) is 6.50. The van der Waals surface area contributed by atoms with Gasteiger partial charge in [-0.15, -0.1) is 0 Å². The minimum Gasteiger partial charge on any atom is -0.497 e. The Balaban J connectivity index is 1.98. The van der Waals surface area contributed by atoms with E-state index in [0.29, 0.717) is 24.2 Å². The molecule has 0 unspecified atom stereocenters. The summed E-state index contributed by atoms with van der Waals surface area (Å²) in [6.07, 6.45) is 3.60. The Kier molecular flexibility index (Phi) is 6.17. The summed E-state index contributed by atoms with van der Waals surface area (Å²) in [5.74, 6) is -0.735. The highest BCUT2D eigenvalue weighted by Crippen LogP contribution is 2.33. The lowest BCUT2D eigenvalue weighted by atomic mass is 9.80. The van der Waals surface area contributed by atoms with Gasteiger partial charge in [0.05, 0.1) is 7.11 Å². The molecule has 0 atom stereocenters. The number of carboxylic acids is 1. The lowest BCUT2D eigenvalue weighted by molar-refractivity contribution is -0.160. The van der Waals surface area contributed by atoms with Crippen LogP contribution in [0.25, 0.3) is 0 Å². The largest absolute Gasteiger partial charge is 0.497 e. The molecule has 1 amide bonds. The number of carbonyl (C=O) groups excluding carboxylic acids is 2. The van der Waals surface area contributed by atoms with Crippen molar-refractivity contribution in [2.45, 2.75) is 50.5 Å². The third kappa shape index (κ3) is 4.18. The van der Waals surface area contributed by atoms with Crippen LogP contribution in [-0.2, 0) is 9.59 Å². The Morgan fingerprint density at radius 3 is 2.20 bits per heavy atom. The van der Waals surface area contributed by atoms with Gasteiger partial charge in [-0.2, -0.15) is 0 Å². The van der Waals surface area contributed by atoms with Crippen molar-refractivity contribution >= 4 is 17.7 Å². The lowest BCUT2D eigenvalue weighted by Gasteiger charge is -2.41. The van der Waals surface area contributed by atoms with Crippen LogP contribution in [0.15, 0.2) is 24.3 Å². The molecule has 1 N–H and O–H groups in total. The number of likely N-dealkylation sites (N-methyl/N-ethyl adjacent to an activating group) is 1. The van der Waals surface area contributed by atoms with Gasteiger partial charge in [-0.05, 0) is 37.1 Å². The van der Waals surface area contributed by atoms with Crippen molar-refractivity contribution in [1.29, 1.82) is 0 Å². The van der Waals surface area contributed by atoms with Gasteiger partial charge in [-0.3, -0.25) is 9.59 Å². The number of ketones is 1. The summed E-state index contributed by atoms with van der Waals surface area (Å²) in [5, 5.41) is 9.64. The molecule has 0 aliphatic heterocycles. The van der Waals surface area contributed by atoms with Crippen LogP contribution in [0.2, 0.25) is 0 Å². The van der Waals surface area contributed by atoms with E-state index in [1.54, 1.807) is 38.4 Å². The summed E-state index contributed by atoms with van der Waals surface area (Å²) < 4.78 is 5.05. The first kappa shape index (κ1) is 19.0. The molecule has 0 aromatic heterocycles. The van der Waals surface area contributed by atoms with E-state index in [1.165, 1.54) is 4.90 Å². The average Bonchev–Trinajstić information content (AvgIpc) is 2.65. The molecule has 25 heavy (non-hydrogen) atoms. The fourth-order valence-electron chi connectivity index (χ4n) is 3.38. The third-order valence-corrected chi connectivity index (χ3v) is 5.07. The van der Waals surface area contributed by atoms with Gasteiger partial charge in [0.25, 0.3) is 0 Å². The number of nitrogens with zero attached hydrogens (tertiary/aromatic N) is 1. The normalized spacial score (nSPS) is 16.1. The van der Waals surface area contributed by atoms with Crippen molar-refractivity contribution in [2.75, 3.05) is 14.2 Å². The van der Waals surface area contributed by atoms with Crippen molar-refractivity contribution in [3.63, 3.8) is 0 Å². The smallest absolute Gasteiger partial charge is 0.329 e. The maximum absolute atomic E-state index is 12.5. The quantitative estimate of drug-likeness (QED) is 0.767. The van der Waals surface area contributed by atoms with Crippen LogP contribution < -0.4 is 4.74 Å². The van der Waals surface area contributed by atoms with E-state index in [9.17, 15) is 19.5 Å². The van der Waals surface area contributed by atoms with Gasteiger partial charge in [0.15, 0.2) is 5.78 Å². The Bertz CT molecular complexity index is 632. The minimum atomic E-state index is -1.13. The minimum absolute atomic E-state index is 0.0103. The molecule has 0 radical (unpaired) electrons. The number of ether oxygens (including phenoxy) is 1. The van der Waals surface area contributed by atoms with E-state index < -0.39 is 11.5 Å². The molecule has 6 heteroatoms. The second kappa shape index (κ2) is 8.14. The van der Waals surface area contributed by atoms with Crippen LogP contribution >= 0.6 is 0 Å². The summed E-state index contributed by atoms with van der Waals surface area (Å²) >= 11 is 0. The molecule has 1 fully saturated rings. The number of benzene rings is 1. The number of aliphatic carboxylic acids is 1. The van der Waals surface area contributed by atoms with Crippen molar-refractivity contribution in [1.82, 2.24) is 4.90 Å². The van der Waals surface area contributed by atoms with Gasteiger partial charge >= 0.3 is 5.97 Å². The maximum atomic E-state index is 12.5. The number of carbonyl (C=O) groups is 3. The molecule has 1 aromatic carbocycles. The molecule has 6 nitrogen and oxygen atoms in total. The fourth-order valence-corrected chi connectivity index (χ4v) is 3.38. The first-order valence-electron chi connectivity index (χ1n) is 8.58. The predicted octanol–water partition coefficient (Wildman–Crippen LogP) is 2.90. The van der Waals surface area contributed by atoms with Crippen LogP contribution in [0.3, 0.4) is 0 Å². The van der Waals surface area contributed by atoms with Gasteiger partial charge < -0.3 is 14.7 Å². The predicted molar refractivity (Wildman–Crippen MR) is 92.8 cm³/mol. The number of methoxy groups -OCH3 is 1. The zero-order chi connectivity index (χ0) is 18.4. The highest BCUT2D eigenvalue weighted by molar-refractivity contribution is 5.98. The van der Waals surface area contributed by atoms with Crippen molar-refractivity contribution in [2.24, 2.45) is 0 Å². The molecule has 0 bridgehead atoms. The zero-order valence-corrected chi connectivity index (χ0v) is 14.8. The molecule has 1 aromatic rings. The zero-order valence-electron chi connectivity index (χ0n) is 14.8. The van der Waals surface area contributed by atoms with Gasteiger partial charge in [-0.25, -0.2) is 4.79 Å². The summed E-state index contributed by atoms with van der Waals surface area (Å²) in [6.45, 7) is 0. The fraction of sp³-hybridized carbons (Fsp3) is 0.526. The third-order valence-electron chi connectivity index (χ3n) is 5.07. The van der Waals surface area contributed by atoms with E-state index in [4.69, 9.17) is 4.74 Å². The standard InChI is InChI=1S/C19H25NO5/c1-20(19(18(23)24)12-4-3-5-13-19)17(22)11-10-16(21)14-6-8-15(25-2)9-7-14/h6-9H,3-5,10-13H2,1-2H3,(H,23,24). The summed E-state index contributed by atoms with van der Waals surface area (Å²) in [5.41, 5.74) is -0.611. The maximum Gasteiger partial charge on any atom is 0.329 e. The van der Waals surface area contributed by atoms with Crippen molar-refractivity contribution in [3.05, 3.63) is 29.8 Å². The van der Waals surface area contributed by atoms with E-state index >= 15 is 0 Å². The first-order valence-corrected chi connectivity index (χ1v) is 8.58. The Labute approximate surface area is 147 Å². The Morgan fingerprint density at radius 1 is 1.08 bits per heavy atom. The van der Waals surface area contributed by atoms with Crippen LogP contribution in [-0.4, -0.2) is 47.4 Å². The highest BCUT2D eigenvalue weighted by Gasteiger charge is 2.45. The van der Waals surface area contributed by atoms with Crippen LogP contribution in [0.4, 0.5) is 0 Å². The summed E-state index contributed by atoms with van der Waals surface area (Å²) in [4.78, 5) is 37.8. The van der Waals surface area contributed by atoms with Gasteiger partial charge in [0.1, 0.15) is 11.3 Å². The molecule has 1 aliphatic carbocycles. The van der Waals surface area contributed by atoms with Crippen molar-refractivity contribution < 1.29 is 24.2 Å². The number of Topliss-reactive ketones (excluding diaryl/α,β-unsaturated/α-hetero) is 1. The lowest BCUT2D eigenvalue weighted by Crippen LogP contribution is -2.56. The molecule has 1 saturated carbocycles. The molecule has 0 saturated heterocycles. The molecule has 0 heterocycles. The Hall–Kier alpha value is -2.37. The molecular formula is C19H25NO5. The van der Waals surface area contributed by atoms with E-state index in [0.717, 1.165) is 19.3 Å². The monoisotopic (exact) mass is 347 g/mol. The van der Waals surface area contributed by atoms with E-state index in [2.05, 4.69) is 0 Å². The number of amides is 1. The van der Waals surface area contributed by atoms with Crippen LogP contribution in [0.5, 0.6) is 5.75 Å². The molecule has 2 rings (SSSR count). The molecule has 0 spiro atoms. The first-order chi connectivity index (χ1) is 11.9. The van der Waals surface area contributed by atoms with E-state index in [1.807, 2.05) is 0 Å². The summed E-state index contributed by atoms with van der Waals surface area (Å²) in [6, 6.07) is 6.72. The van der Waals surface area contributed by atoms with Gasteiger partial charge in [0, 0.05) is 25.5 Å². The number of rotatable bonds is 7. The Morgan fingerprint density at radius 2 is 1.68 bits per heavy atom. The molecule has 136 valence electrons. The average molecular weight is 347 g/mol. The second-order valence-electron chi connectivity index (χ2n) is 6.50. The topological polar surface area (TPSA) is 83.9 Å². The number of carboxylic acid groups (broad SMARTS) is 1. The number of hydrogen-bond acceptors (Lipinski definition) is 4. The van der Waals surface area contributed by atoms with E-state index in [-0.39, 0.29) is 24.5 Å². The van der Waals surface area contributed by atoms with Gasteiger partial charge in [-0.1, -0.05) is 19.3 Å². The SMILES string of the molecule is COc1ccc(C(=O)CCC(=O)N(C)C2(C(=O)O)CCCCC2)cc1.